The standard InChI is InChI=1S/C19H24N4O2/c1-13-6-7-14-4-3-5-16(18(14)21-13)19(25)22-15-8-10-23(11-9-15)12-17(24)20-2/h3-7,15H,8-12H2,1-2H3,(H,20,24)(H,22,25). The van der Waals surface area contributed by atoms with Crippen LogP contribution in [0.4, 0.5) is 0 Å². The maximum atomic E-state index is 12.7. The zero-order valence-electron chi connectivity index (χ0n) is 14.7. The molecule has 6 heteroatoms. The van der Waals surface area contributed by atoms with Crippen LogP contribution in [0.1, 0.15) is 28.9 Å². The lowest BCUT2D eigenvalue weighted by molar-refractivity contribution is -0.122. The number of rotatable bonds is 4. The first-order valence-electron chi connectivity index (χ1n) is 8.67. The quantitative estimate of drug-likeness (QED) is 0.884. The van der Waals surface area contributed by atoms with E-state index in [1.54, 1.807) is 7.05 Å². The number of piperidine rings is 1. The first-order valence-corrected chi connectivity index (χ1v) is 8.67. The van der Waals surface area contributed by atoms with Gasteiger partial charge < -0.3 is 10.6 Å². The van der Waals surface area contributed by atoms with Crippen molar-refractivity contribution in [2.24, 2.45) is 0 Å². The molecule has 1 aliphatic heterocycles. The molecule has 0 bridgehead atoms. The van der Waals surface area contributed by atoms with Crippen molar-refractivity contribution in [2.75, 3.05) is 26.7 Å². The number of aromatic nitrogens is 1. The fourth-order valence-electron chi connectivity index (χ4n) is 3.21. The molecule has 6 nitrogen and oxygen atoms in total. The normalized spacial score (nSPS) is 15.9. The molecule has 1 aromatic carbocycles. The third kappa shape index (κ3) is 4.14. The molecule has 1 aliphatic rings. The zero-order chi connectivity index (χ0) is 17.8. The van der Waals surface area contributed by atoms with Gasteiger partial charge in [0.25, 0.3) is 5.91 Å². The maximum absolute atomic E-state index is 12.7. The minimum Gasteiger partial charge on any atom is -0.358 e. The monoisotopic (exact) mass is 340 g/mol. The third-order valence-electron chi connectivity index (χ3n) is 4.67. The van der Waals surface area contributed by atoms with Crippen LogP contribution in [-0.2, 0) is 4.79 Å². The number of amides is 2. The van der Waals surface area contributed by atoms with Gasteiger partial charge in [0.05, 0.1) is 17.6 Å². The van der Waals surface area contributed by atoms with Gasteiger partial charge in [-0.1, -0.05) is 18.2 Å². The highest BCUT2D eigenvalue weighted by Crippen LogP contribution is 2.18. The molecule has 0 spiro atoms. The van der Waals surface area contributed by atoms with E-state index in [4.69, 9.17) is 0 Å². The number of hydrogen-bond acceptors (Lipinski definition) is 4. The molecule has 0 unspecified atom stereocenters. The highest BCUT2D eigenvalue weighted by Gasteiger charge is 2.23. The molecule has 2 aromatic rings. The topological polar surface area (TPSA) is 74.3 Å². The molecule has 2 heterocycles. The third-order valence-corrected chi connectivity index (χ3v) is 4.67. The van der Waals surface area contributed by atoms with Crippen molar-refractivity contribution in [3.05, 3.63) is 41.6 Å². The second kappa shape index (κ2) is 7.61. The van der Waals surface area contributed by atoms with E-state index >= 15 is 0 Å². The molecule has 25 heavy (non-hydrogen) atoms. The van der Waals surface area contributed by atoms with E-state index in [9.17, 15) is 9.59 Å². The number of carbonyl (C=O) groups excluding carboxylic acids is 2. The van der Waals surface area contributed by atoms with Crippen LogP contribution in [0.5, 0.6) is 0 Å². The van der Waals surface area contributed by atoms with Gasteiger partial charge in [0, 0.05) is 37.3 Å². The van der Waals surface area contributed by atoms with E-state index in [2.05, 4.69) is 20.5 Å². The van der Waals surface area contributed by atoms with Gasteiger partial charge in [-0.2, -0.15) is 0 Å². The van der Waals surface area contributed by atoms with Gasteiger partial charge in [-0.3, -0.25) is 19.5 Å². The molecule has 2 amide bonds. The Morgan fingerprint density at radius 3 is 2.68 bits per heavy atom. The summed E-state index contributed by atoms with van der Waals surface area (Å²) in [6.45, 7) is 3.97. The van der Waals surface area contributed by atoms with Gasteiger partial charge >= 0.3 is 0 Å². The van der Waals surface area contributed by atoms with Crippen molar-refractivity contribution in [3.8, 4) is 0 Å². The van der Waals surface area contributed by atoms with E-state index in [0.717, 1.165) is 42.5 Å². The maximum Gasteiger partial charge on any atom is 0.253 e. The summed E-state index contributed by atoms with van der Waals surface area (Å²) < 4.78 is 0. The van der Waals surface area contributed by atoms with Crippen molar-refractivity contribution in [1.82, 2.24) is 20.5 Å². The van der Waals surface area contributed by atoms with Crippen molar-refractivity contribution in [2.45, 2.75) is 25.8 Å². The fourth-order valence-corrected chi connectivity index (χ4v) is 3.21. The lowest BCUT2D eigenvalue weighted by atomic mass is 10.0. The number of hydrogen-bond donors (Lipinski definition) is 2. The van der Waals surface area contributed by atoms with Gasteiger partial charge in [0.1, 0.15) is 0 Å². The Labute approximate surface area is 147 Å². The summed E-state index contributed by atoms with van der Waals surface area (Å²) in [7, 11) is 1.65. The van der Waals surface area contributed by atoms with E-state index in [-0.39, 0.29) is 17.9 Å². The molecular weight excluding hydrogens is 316 g/mol. The molecule has 2 N–H and O–H groups in total. The number of nitrogens with one attached hydrogen (secondary N) is 2. The lowest BCUT2D eigenvalue weighted by Crippen LogP contribution is -2.47. The average Bonchev–Trinajstić information content (AvgIpc) is 2.62. The Morgan fingerprint density at radius 1 is 1.20 bits per heavy atom. The van der Waals surface area contributed by atoms with Crippen molar-refractivity contribution in [1.29, 1.82) is 0 Å². The Hall–Kier alpha value is -2.47. The number of benzene rings is 1. The summed E-state index contributed by atoms with van der Waals surface area (Å²) in [5.74, 6) is -0.0480. The van der Waals surface area contributed by atoms with Crippen molar-refractivity contribution >= 4 is 22.7 Å². The molecule has 132 valence electrons. The van der Waals surface area contributed by atoms with Gasteiger partial charge in [-0.15, -0.1) is 0 Å². The lowest BCUT2D eigenvalue weighted by Gasteiger charge is -2.31. The molecule has 0 saturated carbocycles. The van der Waals surface area contributed by atoms with Crippen LogP contribution >= 0.6 is 0 Å². The molecule has 0 atom stereocenters. The summed E-state index contributed by atoms with van der Waals surface area (Å²) in [5, 5.41) is 6.74. The van der Waals surface area contributed by atoms with Crippen LogP contribution < -0.4 is 10.6 Å². The predicted molar refractivity (Wildman–Crippen MR) is 97.5 cm³/mol. The van der Waals surface area contributed by atoms with Crippen molar-refractivity contribution in [3.63, 3.8) is 0 Å². The second-order valence-corrected chi connectivity index (χ2v) is 6.53. The molecule has 0 radical (unpaired) electrons. The van der Waals surface area contributed by atoms with Crippen LogP contribution in [-0.4, -0.2) is 54.4 Å². The summed E-state index contributed by atoms with van der Waals surface area (Å²) in [4.78, 5) is 30.8. The number of nitrogens with zero attached hydrogens (tertiary/aromatic N) is 2. The molecular formula is C19H24N4O2. The fraction of sp³-hybridized carbons (Fsp3) is 0.421. The summed E-state index contributed by atoms with van der Waals surface area (Å²) >= 11 is 0. The number of likely N-dealkylation sites (N-methyl/N-ethyl adjacent to an activating group) is 1. The number of pyridine rings is 1. The average molecular weight is 340 g/mol. The first-order chi connectivity index (χ1) is 12.1. The zero-order valence-corrected chi connectivity index (χ0v) is 14.7. The van der Waals surface area contributed by atoms with Crippen molar-refractivity contribution < 1.29 is 9.59 Å². The van der Waals surface area contributed by atoms with E-state index < -0.39 is 0 Å². The number of fused-ring (bicyclic) bond motifs is 1. The van der Waals surface area contributed by atoms with Gasteiger partial charge in [-0.05, 0) is 31.9 Å². The highest BCUT2D eigenvalue weighted by atomic mass is 16.2. The molecule has 1 fully saturated rings. The number of aryl methyl sites for hydroxylation is 1. The largest absolute Gasteiger partial charge is 0.358 e. The summed E-state index contributed by atoms with van der Waals surface area (Å²) in [5.41, 5.74) is 2.27. The van der Waals surface area contributed by atoms with Crippen LogP contribution in [0.25, 0.3) is 10.9 Å². The van der Waals surface area contributed by atoms with Crippen LogP contribution in [0, 0.1) is 6.92 Å². The highest BCUT2D eigenvalue weighted by molar-refractivity contribution is 6.05. The Kier molecular flexibility index (Phi) is 5.28. The van der Waals surface area contributed by atoms with Gasteiger partial charge in [0.2, 0.25) is 5.91 Å². The summed E-state index contributed by atoms with van der Waals surface area (Å²) in [6, 6.07) is 9.76. The van der Waals surface area contributed by atoms with E-state index in [0.29, 0.717) is 12.1 Å². The van der Waals surface area contributed by atoms with Crippen LogP contribution in [0.2, 0.25) is 0 Å². The first kappa shape index (κ1) is 17.4. The van der Waals surface area contributed by atoms with Gasteiger partial charge in [-0.25, -0.2) is 0 Å². The Bertz CT molecular complexity index is 782. The van der Waals surface area contributed by atoms with E-state index in [1.807, 2.05) is 37.3 Å². The number of para-hydroxylation sites is 1. The summed E-state index contributed by atoms with van der Waals surface area (Å²) in [6.07, 6.45) is 1.69. The van der Waals surface area contributed by atoms with Crippen LogP contribution in [0.3, 0.4) is 0 Å². The van der Waals surface area contributed by atoms with Gasteiger partial charge in [0.15, 0.2) is 0 Å². The minimum atomic E-state index is -0.0755. The Morgan fingerprint density at radius 2 is 1.96 bits per heavy atom. The molecule has 3 rings (SSSR count). The molecule has 0 aliphatic carbocycles. The smallest absolute Gasteiger partial charge is 0.253 e. The number of carbonyl (C=O) groups is 2. The minimum absolute atomic E-state index is 0.0275. The molecule has 1 saturated heterocycles. The van der Waals surface area contributed by atoms with E-state index in [1.165, 1.54) is 0 Å². The predicted octanol–water partition coefficient (Wildman–Crippen LogP) is 1.48. The SMILES string of the molecule is CNC(=O)CN1CCC(NC(=O)c2cccc3ccc(C)nc23)CC1. The van der Waals surface area contributed by atoms with Crippen LogP contribution in [0.15, 0.2) is 30.3 Å². The second-order valence-electron chi connectivity index (χ2n) is 6.53. The number of likely N-dealkylation sites (tertiary alicyclic amines) is 1. The Balaban J connectivity index is 1.64. The molecule has 1 aromatic heterocycles.